The molecule has 2 aromatic heterocycles. The molecular weight excluding hydrogens is 376 g/mol. The van der Waals surface area contributed by atoms with E-state index in [1.54, 1.807) is 24.3 Å². The smallest absolute Gasteiger partial charge is 0.308 e. The Morgan fingerprint density at radius 1 is 1.07 bits per heavy atom. The zero-order chi connectivity index (χ0) is 22.4. The van der Waals surface area contributed by atoms with Crippen molar-refractivity contribution in [2.75, 3.05) is 5.32 Å². The number of rotatable bonds is 4. The SMILES string of the molecule is C/C=C\C(=C/C)c1nc2ccccn2c1C.C=C.O=CNC(=O)Nc1ccccc1. The summed E-state index contributed by atoms with van der Waals surface area (Å²) >= 11 is 0. The first-order chi connectivity index (χ1) is 14.6. The van der Waals surface area contributed by atoms with Crippen LogP contribution in [-0.4, -0.2) is 21.8 Å². The molecule has 0 fully saturated rings. The molecule has 0 aliphatic heterocycles. The minimum Gasteiger partial charge on any atom is -0.308 e. The van der Waals surface area contributed by atoms with E-state index >= 15 is 0 Å². The minimum atomic E-state index is -0.531. The minimum absolute atomic E-state index is 0.332. The Bertz CT molecular complexity index is 1000. The van der Waals surface area contributed by atoms with Crippen LogP contribution in [0, 0.1) is 6.92 Å². The number of carbonyl (C=O) groups excluding carboxylic acids is 2. The summed E-state index contributed by atoms with van der Waals surface area (Å²) in [6.07, 6.45) is 8.60. The number of benzene rings is 1. The van der Waals surface area contributed by atoms with Crippen LogP contribution in [0.3, 0.4) is 0 Å². The second-order valence-electron chi connectivity index (χ2n) is 5.80. The predicted molar refractivity (Wildman–Crippen MR) is 124 cm³/mol. The number of fused-ring (bicyclic) bond motifs is 1. The van der Waals surface area contributed by atoms with E-state index in [1.807, 2.05) is 55.7 Å². The van der Waals surface area contributed by atoms with Gasteiger partial charge in [-0.3, -0.25) is 10.1 Å². The molecule has 30 heavy (non-hydrogen) atoms. The van der Waals surface area contributed by atoms with E-state index in [0.29, 0.717) is 12.1 Å². The van der Waals surface area contributed by atoms with Crippen LogP contribution in [0.4, 0.5) is 10.5 Å². The van der Waals surface area contributed by atoms with Crippen molar-refractivity contribution >= 4 is 29.3 Å². The summed E-state index contributed by atoms with van der Waals surface area (Å²) in [4.78, 5) is 25.2. The van der Waals surface area contributed by atoms with Crippen LogP contribution < -0.4 is 10.6 Å². The van der Waals surface area contributed by atoms with Gasteiger partial charge in [0.2, 0.25) is 6.41 Å². The average Bonchev–Trinajstić information content (AvgIpc) is 3.11. The molecule has 156 valence electrons. The van der Waals surface area contributed by atoms with Crippen LogP contribution in [0.15, 0.2) is 86.1 Å². The van der Waals surface area contributed by atoms with Gasteiger partial charge in [0.1, 0.15) is 5.65 Å². The van der Waals surface area contributed by atoms with Crippen LogP contribution in [0.2, 0.25) is 0 Å². The molecule has 0 bridgehead atoms. The normalized spacial score (nSPS) is 10.4. The maximum Gasteiger partial charge on any atom is 0.325 e. The van der Waals surface area contributed by atoms with E-state index < -0.39 is 6.03 Å². The summed E-state index contributed by atoms with van der Waals surface area (Å²) in [5, 5.41) is 4.42. The standard InChI is InChI=1S/C14H16N2.C8H8N2O2.C2H4/c1-4-8-12(5-2)14-11(3)16-10-7-6-9-13(16)15-14;11-6-9-8(12)10-7-4-2-1-3-5-7;1-2/h4-10H,1-3H3;1-6H,(H2,9,10,11,12);1-2H2/b8-4-,12-5+;;. The summed E-state index contributed by atoms with van der Waals surface area (Å²) in [6, 6.07) is 14.4. The van der Waals surface area contributed by atoms with E-state index in [1.165, 1.54) is 11.3 Å². The number of nitrogens with one attached hydrogen (secondary N) is 2. The molecule has 0 aliphatic carbocycles. The Balaban J connectivity index is 0.000000287. The molecule has 2 N–H and O–H groups in total. The van der Waals surface area contributed by atoms with Gasteiger partial charge in [-0.25, -0.2) is 9.78 Å². The lowest BCUT2D eigenvalue weighted by molar-refractivity contribution is -0.108. The number of amides is 3. The fourth-order valence-electron chi connectivity index (χ4n) is 2.63. The summed E-state index contributed by atoms with van der Waals surface area (Å²) in [7, 11) is 0. The molecule has 0 saturated carbocycles. The van der Waals surface area contributed by atoms with Gasteiger partial charge >= 0.3 is 6.03 Å². The lowest BCUT2D eigenvalue weighted by Gasteiger charge is -2.01. The zero-order valence-electron chi connectivity index (χ0n) is 17.6. The van der Waals surface area contributed by atoms with Gasteiger partial charge in [-0.1, -0.05) is 42.5 Å². The van der Waals surface area contributed by atoms with Crippen LogP contribution in [0.5, 0.6) is 0 Å². The molecule has 1 aromatic carbocycles. The molecule has 2 heterocycles. The Morgan fingerprint density at radius 3 is 2.30 bits per heavy atom. The van der Waals surface area contributed by atoms with Crippen molar-refractivity contribution < 1.29 is 9.59 Å². The number of aryl methyl sites for hydroxylation is 1. The van der Waals surface area contributed by atoms with Gasteiger partial charge in [0.25, 0.3) is 0 Å². The van der Waals surface area contributed by atoms with Crippen LogP contribution >= 0.6 is 0 Å². The fraction of sp³-hybridized carbons (Fsp3) is 0.125. The highest BCUT2D eigenvalue weighted by molar-refractivity contribution is 5.95. The first kappa shape index (κ1) is 24.1. The highest BCUT2D eigenvalue weighted by Gasteiger charge is 2.09. The molecule has 0 spiro atoms. The number of allylic oxidation sites excluding steroid dienone is 4. The van der Waals surface area contributed by atoms with Gasteiger partial charge in [0.15, 0.2) is 0 Å². The third kappa shape index (κ3) is 6.91. The van der Waals surface area contributed by atoms with E-state index in [2.05, 4.69) is 46.9 Å². The third-order valence-electron chi connectivity index (χ3n) is 3.92. The van der Waals surface area contributed by atoms with Crippen molar-refractivity contribution in [3.05, 3.63) is 97.5 Å². The van der Waals surface area contributed by atoms with Crippen molar-refractivity contribution in [2.45, 2.75) is 20.8 Å². The van der Waals surface area contributed by atoms with Gasteiger partial charge in [0, 0.05) is 17.6 Å². The fourth-order valence-corrected chi connectivity index (χ4v) is 2.63. The number of hydrogen-bond acceptors (Lipinski definition) is 3. The number of carbonyl (C=O) groups is 2. The Hall–Kier alpha value is -3.93. The van der Waals surface area contributed by atoms with Crippen molar-refractivity contribution in [2.24, 2.45) is 0 Å². The van der Waals surface area contributed by atoms with E-state index in [0.717, 1.165) is 11.3 Å². The van der Waals surface area contributed by atoms with Gasteiger partial charge < -0.3 is 9.72 Å². The molecule has 6 nitrogen and oxygen atoms in total. The number of hydrogen-bond donors (Lipinski definition) is 2. The molecule has 3 amide bonds. The molecule has 0 aliphatic rings. The number of anilines is 1. The Morgan fingerprint density at radius 2 is 1.73 bits per heavy atom. The van der Waals surface area contributed by atoms with Gasteiger partial charge in [0.05, 0.1) is 5.69 Å². The number of imide groups is 1. The van der Waals surface area contributed by atoms with E-state index in [9.17, 15) is 9.59 Å². The lowest BCUT2D eigenvalue weighted by Crippen LogP contribution is -2.26. The summed E-state index contributed by atoms with van der Waals surface area (Å²) in [6.45, 7) is 12.2. The monoisotopic (exact) mass is 404 g/mol. The molecule has 0 radical (unpaired) electrons. The van der Waals surface area contributed by atoms with Crippen molar-refractivity contribution in [1.82, 2.24) is 14.7 Å². The first-order valence-electron chi connectivity index (χ1n) is 9.40. The van der Waals surface area contributed by atoms with Crippen molar-refractivity contribution in [3.8, 4) is 0 Å². The third-order valence-corrected chi connectivity index (χ3v) is 3.92. The van der Waals surface area contributed by atoms with Gasteiger partial charge in [-0.2, -0.15) is 0 Å². The lowest BCUT2D eigenvalue weighted by atomic mass is 10.1. The maximum absolute atomic E-state index is 10.8. The van der Waals surface area contributed by atoms with Crippen LogP contribution in [0.25, 0.3) is 11.2 Å². The number of pyridine rings is 1. The second kappa shape index (κ2) is 13.3. The molecule has 0 atom stereocenters. The second-order valence-corrected chi connectivity index (χ2v) is 5.80. The molecule has 0 unspecified atom stereocenters. The van der Waals surface area contributed by atoms with E-state index in [4.69, 9.17) is 0 Å². The molecule has 3 aromatic rings. The molecule has 6 heteroatoms. The largest absolute Gasteiger partial charge is 0.325 e. The van der Waals surface area contributed by atoms with E-state index in [-0.39, 0.29) is 0 Å². The maximum atomic E-state index is 10.8. The van der Waals surface area contributed by atoms with Crippen LogP contribution in [0.1, 0.15) is 25.2 Å². The summed E-state index contributed by atoms with van der Waals surface area (Å²) in [5.74, 6) is 0. The number of aromatic nitrogens is 2. The Kier molecular flexibility index (Phi) is 10.7. The van der Waals surface area contributed by atoms with Crippen molar-refractivity contribution in [3.63, 3.8) is 0 Å². The summed E-state index contributed by atoms with van der Waals surface area (Å²) in [5.41, 5.74) is 5.06. The average molecular weight is 405 g/mol. The molecule has 0 saturated heterocycles. The number of imidazole rings is 1. The zero-order valence-corrected chi connectivity index (χ0v) is 17.6. The summed E-state index contributed by atoms with van der Waals surface area (Å²) < 4.78 is 2.11. The number of urea groups is 1. The first-order valence-corrected chi connectivity index (χ1v) is 9.40. The quantitative estimate of drug-likeness (QED) is 0.348. The highest BCUT2D eigenvalue weighted by atomic mass is 16.2. The Labute approximate surface area is 177 Å². The van der Waals surface area contributed by atoms with Gasteiger partial charge in [-0.05, 0) is 50.6 Å². The number of nitrogens with zero attached hydrogens (tertiary/aromatic N) is 2. The highest BCUT2D eigenvalue weighted by Crippen LogP contribution is 2.20. The molecular formula is C24H28N4O2. The molecule has 3 rings (SSSR count). The van der Waals surface area contributed by atoms with Crippen molar-refractivity contribution in [1.29, 1.82) is 0 Å². The number of para-hydroxylation sites is 1. The van der Waals surface area contributed by atoms with Gasteiger partial charge in [-0.15, -0.1) is 13.2 Å². The topological polar surface area (TPSA) is 75.5 Å². The van der Waals surface area contributed by atoms with Crippen LogP contribution in [-0.2, 0) is 4.79 Å². The predicted octanol–water partition coefficient (Wildman–Crippen LogP) is 5.39.